The summed E-state index contributed by atoms with van der Waals surface area (Å²) in [5, 5.41) is 13.8. The summed E-state index contributed by atoms with van der Waals surface area (Å²) in [4.78, 5) is 58.3. The topological polar surface area (TPSA) is 264 Å². The molecule has 65 heavy (non-hydrogen) atoms. The van der Waals surface area contributed by atoms with Crippen LogP contribution >= 0.6 is 18.8 Å². The number of halogens is 4. The Hall–Kier alpha value is -5.77. The molecule has 8 heterocycles. The first-order valence-electron chi connectivity index (χ1n) is 17.5. The van der Waals surface area contributed by atoms with Crippen LogP contribution in [0.5, 0.6) is 0 Å². The van der Waals surface area contributed by atoms with Crippen LogP contribution in [0.2, 0.25) is 0 Å². The third-order valence-electron chi connectivity index (χ3n) is 8.19. The molecule has 0 aliphatic carbocycles. The molecule has 0 atom stereocenters. The summed E-state index contributed by atoms with van der Waals surface area (Å²) in [6.45, 7) is 0. The molecule has 9 aromatic rings. The van der Waals surface area contributed by atoms with Crippen LogP contribution in [0.15, 0.2) is 177 Å². The zero-order valence-electron chi connectivity index (χ0n) is 33.3. The number of nitrogens with zero attached hydrogens (tertiary/aromatic N) is 8. The van der Waals surface area contributed by atoms with Gasteiger partial charge in [0, 0.05) is 65.9 Å². The molecule has 0 aliphatic rings. The van der Waals surface area contributed by atoms with E-state index >= 15 is 0 Å². The molecule has 0 fully saturated rings. The molecule has 0 spiro atoms. The van der Waals surface area contributed by atoms with Crippen LogP contribution in [0, 0.1) is 0 Å². The first-order chi connectivity index (χ1) is 28.9. The number of benzene rings is 1. The quantitative estimate of drug-likeness (QED) is 0.178. The van der Waals surface area contributed by atoms with Crippen molar-refractivity contribution >= 4 is 58.2 Å². The molecule has 340 valence electrons. The number of carbonyl (C=O) groups excluding carboxylic acids is 1. The van der Waals surface area contributed by atoms with Crippen molar-refractivity contribution in [3.8, 4) is 34.2 Å². The number of aromatic carboxylic acids is 1. The molecule has 8 N–H and O–H groups in total. The third kappa shape index (κ3) is 16.9. The molecule has 0 unspecified atom stereocenters. The van der Waals surface area contributed by atoms with E-state index in [9.17, 15) is 14.7 Å². The van der Waals surface area contributed by atoms with E-state index in [1.54, 1.807) is 55.4 Å². The molecule has 0 bridgehead atoms. The summed E-state index contributed by atoms with van der Waals surface area (Å²) in [6.07, 6.45) is 13.4. The van der Waals surface area contributed by atoms with Gasteiger partial charge in [-0.1, -0.05) is 30.3 Å². The summed E-state index contributed by atoms with van der Waals surface area (Å²) in [5.74, 6) is -1.40. The molecule has 0 saturated carbocycles. The van der Waals surface area contributed by atoms with Gasteiger partial charge >= 0.3 is 60.8 Å². The maximum absolute atomic E-state index is 13.1. The third-order valence-corrected chi connectivity index (χ3v) is 8.19. The molecular formula is C44H37Cl4N9O6PtRu. The molecule has 21 heteroatoms. The Bertz CT molecular complexity index is 2640. The number of pyridine rings is 8. The van der Waals surface area contributed by atoms with Crippen molar-refractivity contribution in [2.75, 3.05) is 5.32 Å². The van der Waals surface area contributed by atoms with Gasteiger partial charge < -0.3 is 51.7 Å². The molecule has 15 nitrogen and oxygen atoms in total. The van der Waals surface area contributed by atoms with E-state index in [2.05, 4.69) is 45.2 Å². The van der Waals surface area contributed by atoms with E-state index in [-0.39, 0.29) is 72.2 Å². The summed E-state index contributed by atoms with van der Waals surface area (Å²) in [6, 6.07) is 38.5. The molecular weight excluding hydrogens is 1190 g/mol. The second kappa shape index (κ2) is 31.2. The molecule has 0 radical (unpaired) electrons. The van der Waals surface area contributed by atoms with Crippen LogP contribution in [0.1, 0.15) is 20.7 Å². The number of hydrogen-bond donors (Lipinski definition) is 2. The fourth-order valence-corrected chi connectivity index (χ4v) is 5.55. The van der Waals surface area contributed by atoms with E-state index in [4.69, 9.17) is 18.8 Å². The maximum atomic E-state index is 13.1. The standard InChI is InChI=1S/C24H15N5O3.2C10H8N2.4ClH.3H2O.Pt.Ru/c30-23(15-5-9-25-19(12-15)20-13-16(24(31)32)6-10-26-20)29-18-11-14-3-1-7-27-21(14)22-17(18)4-2-8-28-22;2*1-3-7-11-9(5-1)10-6-2-4-8-12-10;;;;;;;;;/h1-13H,(H,29,30)(H,31,32);2*1-8H;4*1H;3*1H2;;/q;;;;;;;;;;2*+2/p-4. The number of anilines is 1. The van der Waals surface area contributed by atoms with Crippen LogP contribution in [-0.4, -0.2) is 73.3 Å². The van der Waals surface area contributed by atoms with Crippen molar-refractivity contribution < 1.29 is 91.9 Å². The van der Waals surface area contributed by atoms with Gasteiger partial charge in [-0.05, 0) is 97.1 Å². The second-order valence-electron chi connectivity index (χ2n) is 11.9. The normalized spacial score (nSPS) is 9.26. The van der Waals surface area contributed by atoms with Crippen LogP contribution in [-0.2, 0) is 36.0 Å². The van der Waals surface area contributed by atoms with E-state index < -0.39 is 22.5 Å². The van der Waals surface area contributed by atoms with E-state index in [0.717, 1.165) is 39.1 Å². The van der Waals surface area contributed by atoms with Crippen molar-refractivity contribution in [2.24, 2.45) is 0 Å². The second-order valence-corrected chi connectivity index (χ2v) is 15.2. The van der Waals surface area contributed by atoms with Crippen molar-refractivity contribution in [1.82, 2.24) is 39.9 Å². The molecule has 8 aromatic heterocycles. The average Bonchev–Trinajstić information content (AvgIpc) is 3.31. The Morgan fingerprint density at radius 3 is 1.28 bits per heavy atom. The summed E-state index contributed by atoms with van der Waals surface area (Å²) in [7, 11) is 9.75. The zero-order valence-corrected chi connectivity index (χ0v) is 40.3. The Morgan fingerprint density at radius 2 is 0.846 bits per heavy atom. The number of amides is 1. The first-order valence-corrected chi connectivity index (χ1v) is 23.1. The summed E-state index contributed by atoms with van der Waals surface area (Å²) in [5.41, 5.74) is 6.95. The molecule has 9 rings (SSSR count). The molecule has 1 aromatic carbocycles. The first kappa shape index (κ1) is 59.2. The Labute approximate surface area is 414 Å². The maximum Gasteiger partial charge on any atom is 2.00 e. The Kier molecular flexibility index (Phi) is 28.4. The fourth-order valence-electron chi connectivity index (χ4n) is 5.55. The van der Waals surface area contributed by atoms with Crippen molar-refractivity contribution in [2.45, 2.75) is 0 Å². The number of carboxylic acids is 1. The van der Waals surface area contributed by atoms with Crippen molar-refractivity contribution in [1.29, 1.82) is 0 Å². The SMILES string of the molecule is O.O.O.O=C(O)c1ccnc(-c2cc(C(=O)Nc3cc4cccnc4c4ncccc34)ccn2)c1.[Cl-].[Cl-].[Cl][Pt][Cl].[Ru+2].c1ccc(-c2ccccn2)nc1.c1ccc(-c2ccccn2)nc1. The van der Waals surface area contributed by atoms with Gasteiger partial charge in [-0.2, -0.15) is 0 Å². The number of fused-ring (bicyclic) bond motifs is 3. The number of aromatic nitrogens is 8. The number of hydrogen-bond acceptors (Lipinski definition) is 10. The van der Waals surface area contributed by atoms with E-state index in [0.29, 0.717) is 28.2 Å². The van der Waals surface area contributed by atoms with Crippen LogP contribution in [0.4, 0.5) is 5.69 Å². The Balaban J connectivity index is 0.00000103. The minimum absolute atomic E-state index is 0. The number of rotatable bonds is 6. The Morgan fingerprint density at radius 1 is 0.462 bits per heavy atom. The van der Waals surface area contributed by atoms with Crippen LogP contribution < -0.4 is 30.1 Å². The van der Waals surface area contributed by atoms with Gasteiger partial charge in [-0.15, -0.1) is 0 Å². The van der Waals surface area contributed by atoms with Gasteiger partial charge in [0.1, 0.15) is 0 Å². The molecule has 0 aliphatic heterocycles. The number of nitrogens with one attached hydrogen (secondary N) is 1. The van der Waals surface area contributed by atoms with Gasteiger partial charge in [0.15, 0.2) is 0 Å². The monoisotopic (exact) mass is 1220 g/mol. The largest absolute Gasteiger partial charge is 2.00 e. The number of carbonyl (C=O) groups is 2. The predicted molar refractivity (Wildman–Crippen MR) is 237 cm³/mol. The minimum Gasteiger partial charge on any atom is -0.255 e. The fraction of sp³-hybridized carbons (Fsp3) is 0. The average molecular weight is 1230 g/mol. The smallest absolute Gasteiger partial charge is 0.255 e. The van der Waals surface area contributed by atoms with Crippen molar-refractivity contribution in [3.05, 3.63) is 188 Å². The van der Waals surface area contributed by atoms with Crippen molar-refractivity contribution in [3.63, 3.8) is 0 Å². The van der Waals surface area contributed by atoms with Gasteiger partial charge in [-0.25, -0.2) is 4.79 Å². The van der Waals surface area contributed by atoms with Gasteiger partial charge in [0.05, 0.1) is 56.4 Å². The van der Waals surface area contributed by atoms with Crippen LogP contribution in [0.3, 0.4) is 0 Å². The van der Waals surface area contributed by atoms with E-state index in [1.807, 2.05) is 97.1 Å². The minimum atomic E-state index is -1.06. The molecule has 0 saturated heterocycles. The van der Waals surface area contributed by atoms with E-state index in [1.165, 1.54) is 24.5 Å². The van der Waals surface area contributed by atoms with Gasteiger partial charge in [-0.3, -0.25) is 44.7 Å². The van der Waals surface area contributed by atoms with Gasteiger partial charge in [0.2, 0.25) is 0 Å². The van der Waals surface area contributed by atoms with Crippen LogP contribution in [0.25, 0.3) is 56.0 Å². The zero-order chi connectivity index (χ0) is 41.2. The number of carboxylic acid groups (broad SMARTS) is 1. The van der Waals surface area contributed by atoms with Gasteiger partial charge in [0.25, 0.3) is 5.91 Å². The summed E-state index contributed by atoms with van der Waals surface area (Å²) < 4.78 is 0. The predicted octanol–water partition coefficient (Wildman–Crippen LogP) is 1.39. The molecule has 1 amide bonds. The summed E-state index contributed by atoms with van der Waals surface area (Å²) >= 11 is -0.472.